The highest BCUT2D eigenvalue weighted by Gasteiger charge is 2.33. The Bertz CT molecular complexity index is 778. The maximum Gasteiger partial charge on any atom is 0.263 e. The van der Waals surface area contributed by atoms with Crippen LogP contribution < -0.4 is 4.72 Å². The number of thiazole rings is 1. The van der Waals surface area contributed by atoms with Crippen molar-refractivity contribution >= 4 is 27.2 Å². The number of aliphatic imine (C=N–C) groups is 1. The van der Waals surface area contributed by atoms with Crippen LogP contribution in [0.2, 0.25) is 0 Å². The molecule has 0 atom stereocenters. The first-order chi connectivity index (χ1) is 9.40. The molecule has 20 heavy (non-hydrogen) atoms. The molecule has 1 aliphatic heterocycles. The third-order valence-electron chi connectivity index (χ3n) is 3.01. The number of benzene rings is 1. The molecule has 7 heteroatoms. The van der Waals surface area contributed by atoms with Crippen LogP contribution in [0.1, 0.15) is 24.4 Å². The van der Waals surface area contributed by atoms with Gasteiger partial charge < -0.3 is 0 Å². The normalized spacial score (nSPS) is 18.8. The van der Waals surface area contributed by atoms with Crippen molar-refractivity contribution in [3.8, 4) is 0 Å². The van der Waals surface area contributed by atoms with Crippen LogP contribution in [-0.2, 0) is 15.6 Å². The minimum atomic E-state index is -3.49. The fraction of sp³-hybridized carbons (Fsp3) is 0.231. The summed E-state index contributed by atoms with van der Waals surface area (Å²) < 4.78 is 26.6. The monoisotopic (exact) mass is 307 g/mol. The van der Waals surface area contributed by atoms with Gasteiger partial charge in [-0.05, 0) is 26.0 Å². The van der Waals surface area contributed by atoms with Gasteiger partial charge in [0.05, 0.1) is 4.90 Å². The Morgan fingerprint density at radius 1 is 1.30 bits per heavy atom. The number of hydrogen-bond donors (Lipinski definition) is 1. The molecule has 0 radical (unpaired) electrons. The fourth-order valence-electron chi connectivity index (χ4n) is 2.07. The van der Waals surface area contributed by atoms with Gasteiger partial charge in [0, 0.05) is 17.1 Å². The van der Waals surface area contributed by atoms with Gasteiger partial charge in [0.2, 0.25) is 0 Å². The third-order valence-corrected chi connectivity index (χ3v) is 5.49. The lowest BCUT2D eigenvalue weighted by atomic mass is 10.1. The number of rotatable bonds is 2. The number of fused-ring (bicyclic) bond motifs is 1. The van der Waals surface area contributed by atoms with E-state index in [1.165, 1.54) is 11.3 Å². The van der Waals surface area contributed by atoms with E-state index in [1.54, 1.807) is 30.5 Å². The van der Waals surface area contributed by atoms with Gasteiger partial charge in [0.25, 0.3) is 10.0 Å². The molecule has 2 aromatic rings. The van der Waals surface area contributed by atoms with Gasteiger partial charge in [-0.15, -0.1) is 11.3 Å². The molecule has 0 aliphatic carbocycles. The lowest BCUT2D eigenvalue weighted by Crippen LogP contribution is -2.26. The number of aromatic nitrogens is 1. The summed E-state index contributed by atoms with van der Waals surface area (Å²) in [6.07, 6.45) is 1.72. The smallest absolute Gasteiger partial charge is 0.263 e. The van der Waals surface area contributed by atoms with E-state index in [0.29, 0.717) is 11.4 Å². The molecule has 5 nitrogen and oxygen atoms in total. The first kappa shape index (κ1) is 13.3. The SMILES string of the molecule is CC(C)(N=C1NS(=O)(=O)c2ccccc21)c1nccs1. The molecule has 0 bridgehead atoms. The largest absolute Gasteiger partial charge is 0.263 e. The molecular weight excluding hydrogens is 294 g/mol. The Hall–Kier alpha value is -1.73. The van der Waals surface area contributed by atoms with Crippen molar-refractivity contribution in [1.82, 2.24) is 9.71 Å². The number of nitrogens with one attached hydrogen (secondary N) is 1. The molecule has 1 aromatic carbocycles. The van der Waals surface area contributed by atoms with E-state index in [4.69, 9.17) is 0 Å². The van der Waals surface area contributed by atoms with Crippen LogP contribution in [0.5, 0.6) is 0 Å². The molecule has 2 heterocycles. The summed E-state index contributed by atoms with van der Waals surface area (Å²) in [7, 11) is -3.49. The van der Waals surface area contributed by atoms with Gasteiger partial charge in [-0.3, -0.25) is 9.71 Å². The van der Waals surface area contributed by atoms with E-state index in [9.17, 15) is 8.42 Å². The molecule has 0 saturated carbocycles. The van der Waals surface area contributed by atoms with Crippen molar-refractivity contribution in [2.45, 2.75) is 24.3 Å². The maximum absolute atomic E-state index is 12.0. The Labute approximate surface area is 121 Å². The number of sulfonamides is 1. The predicted molar refractivity (Wildman–Crippen MR) is 78.4 cm³/mol. The summed E-state index contributed by atoms with van der Waals surface area (Å²) in [4.78, 5) is 9.09. The number of hydrogen-bond acceptors (Lipinski definition) is 5. The lowest BCUT2D eigenvalue weighted by Gasteiger charge is -2.17. The summed E-state index contributed by atoms with van der Waals surface area (Å²) in [6, 6.07) is 6.83. The molecule has 1 aliphatic rings. The number of amidine groups is 1. The molecule has 0 spiro atoms. The molecule has 3 rings (SSSR count). The second kappa shape index (κ2) is 4.39. The van der Waals surface area contributed by atoms with Crippen LogP contribution in [0, 0.1) is 0 Å². The average molecular weight is 307 g/mol. The van der Waals surface area contributed by atoms with E-state index in [-0.39, 0.29) is 4.90 Å². The first-order valence-corrected chi connectivity index (χ1v) is 8.38. The zero-order valence-corrected chi connectivity index (χ0v) is 12.6. The van der Waals surface area contributed by atoms with Crippen molar-refractivity contribution in [1.29, 1.82) is 0 Å². The summed E-state index contributed by atoms with van der Waals surface area (Å²) in [5.74, 6) is 0.376. The average Bonchev–Trinajstić information content (AvgIpc) is 2.98. The Kier molecular flexibility index (Phi) is 2.91. The lowest BCUT2D eigenvalue weighted by molar-refractivity contribution is 0.552. The molecule has 0 saturated heterocycles. The highest BCUT2D eigenvalue weighted by molar-refractivity contribution is 7.90. The molecular formula is C13H13N3O2S2. The third kappa shape index (κ3) is 2.12. The van der Waals surface area contributed by atoms with Gasteiger partial charge in [0.1, 0.15) is 16.4 Å². The van der Waals surface area contributed by atoms with Crippen LogP contribution >= 0.6 is 11.3 Å². The molecule has 0 amide bonds. The van der Waals surface area contributed by atoms with Gasteiger partial charge in [0.15, 0.2) is 0 Å². The standard InChI is InChI=1S/C13H13N3O2S2/c1-13(2,12-14-7-8-19-12)15-11-9-5-3-4-6-10(9)20(17,18)16-11/h3-8H,1-2H3,(H,15,16). The van der Waals surface area contributed by atoms with Crippen molar-refractivity contribution in [2.75, 3.05) is 0 Å². The highest BCUT2D eigenvalue weighted by atomic mass is 32.2. The van der Waals surface area contributed by atoms with Crippen molar-refractivity contribution in [3.63, 3.8) is 0 Å². The quantitative estimate of drug-likeness (QED) is 0.923. The van der Waals surface area contributed by atoms with Crippen molar-refractivity contribution in [2.24, 2.45) is 4.99 Å². The van der Waals surface area contributed by atoms with Crippen LogP contribution in [0.25, 0.3) is 0 Å². The van der Waals surface area contributed by atoms with Crippen LogP contribution in [0.3, 0.4) is 0 Å². The zero-order chi connectivity index (χ0) is 14.4. The Balaban J connectivity index is 2.11. The first-order valence-electron chi connectivity index (χ1n) is 6.02. The fourth-order valence-corrected chi connectivity index (χ4v) is 4.01. The summed E-state index contributed by atoms with van der Waals surface area (Å²) in [5, 5.41) is 2.72. The van der Waals surface area contributed by atoms with Crippen molar-refractivity contribution < 1.29 is 8.42 Å². The van der Waals surface area contributed by atoms with Crippen molar-refractivity contribution in [3.05, 3.63) is 46.4 Å². The van der Waals surface area contributed by atoms with Crippen LogP contribution in [0.4, 0.5) is 0 Å². The van der Waals surface area contributed by atoms with E-state index >= 15 is 0 Å². The van der Waals surface area contributed by atoms with Gasteiger partial charge in [-0.2, -0.15) is 0 Å². The second-order valence-corrected chi connectivity index (χ2v) is 7.50. The van der Waals surface area contributed by atoms with Crippen LogP contribution in [0.15, 0.2) is 45.7 Å². The van der Waals surface area contributed by atoms with E-state index in [2.05, 4.69) is 14.7 Å². The van der Waals surface area contributed by atoms with Crippen LogP contribution in [-0.4, -0.2) is 19.2 Å². The summed E-state index contributed by atoms with van der Waals surface area (Å²) in [6.45, 7) is 3.82. The van der Waals surface area contributed by atoms with E-state index < -0.39 is 15.6 Å². The van der Waals surface area contributed by atoms with E-state index in [1.807, 2.05) is 19.2 Å². The molecule has 1 N–H and O–H groups in total. The maximum atomic E-state index is 12.0. The minimum absolute atomic E-state index is 0.272. The second-order valence-electron chi connectivity index (χ2n) is 4.96. The van der Waals surface area contributed by atoms with Gasteiger partial charge in [-0.25, -0.2) is 13.4 Å². The van der Waals surface area contributed by atoms with Gasteiger partial charge in [-0.1, -0.05) is 12.1 Å². The predicted octanol–water partition coefficient (Wildman–Crippen LogP) is 2.12. The summed E-state index contributed by atoms with van der Waals surface area (Å²) in [5.41, 5.74) is 0.0286. The molecule has 1 aromatic heterocycles. The molecule has 104 valence electrons. The number of nitrogens with zero attached hydrogens (tertiary/aromatic N) is 2. The molecule has 0 unspecified atom stereocenters. The summed E-state index contributed by atoms with van der Waals surface area (Å²) >= 11 is 1.50. The molecule has 0 fully saturated rings. The topological polar surface area (TPSA) is 71.4 Å². The minimum Gasteiger partial charge on any atom is -0.263 e. The Morgan fingerprint density at radius 2 is 2.05 bits per heavy atom. The highest BCUT2D eigenvalue weighted by Crippen LogP contribution is 2.30. The van der Waals surface area contributed by atoms with E-state index in [0.717, 1.165) is 5.01 Å². The Morgan fingerprint density at radius 3 is 2.75 bits per heavy atom. The van der Waals surface area contributed by atoms with Gasteiger partial charge >= 0.3 is 0 Å². The zero-order valence-electron chi connectivity index (χ0n) is 11.0.